The lowest BCUT2D eigenvalue weighted by atomic mass is 10.2. The number of pyridine rings is 2. The molecule has 0 aliphatic heterocycles. The molecule has 1 N–H and O–H groups in total. The maximum absolute atomic E-state index is 12.6. The molecule has 3 heterocycles. The van der Waals surface area contributed by atoms with E-state index in [4.69, 9.17) is 4.52 Å². The predicted octanol–water partition coefficient (Wildman–Crippen LogP) is 3.23. The van der Waals surface area contributed by atoms with Crippen molar-refractivity contribution in [3.05, 3.63) is 42.0 Å². The number of hydrogen-bond acceptors (Lipinski definition) is 6. The number of rotatable bonds is 2. The third-order valence-corrected chi connectivity index (χ3v) is 3.01. The van der Waals surface area contributed by atoms with Crippen molar-refractivity contribution in [2.45, 2.75) is 13.1 Å². The molecule has 23 heavy (non-hydrogen) atoms. The van der Waals surface area contributed by atoms with E-state index >= 15 is 0 Å². The molecular formula is C14H9F3N4O2. The van der Waals surface area contributed by atoms with E-state index in [1.54, 1.807) is 0 Å². The summed E-state index contributed by atoms with van der Waals surface area (Å²) in [6.45, 7) is 1.42. The molecule has 0 fully saturated rings. The molecular weight excluding hydrogens is 313 g/mol. The maximum Gasteiger partial charge on any atom is 0.433 e. The van der Waals surface area contributed by atoms with Gasteiger partial charge in [-0.05, 0) is 25.1 Å². The van der Waals surface area contributed by atoms with Gasteiger partial charge in [-0.1, -0.05) is 5.16 Å². The summed E-state index contributed by atoms with van der Waals surface area (Å²) in [4.78, 5) is 11.4. The minimum atomic E-state index is -4.52. The van der Waals surface area contributed by atoms with E-state index in [2.05, 4.69) is 20.1 Å². The molecule has 3 aromatic heterocycles. The van der Waals surface area contributed by atoms with Crippen molar-refractivity contribution < 1.29 is 22.8 Å². The van der Waals surface area contributed by atoms with Crippen LogP contribution in [0.2, 0.25) is 0 Å². The van der Waals surface area contributed by atoms with Crippen LogP contribution in [0, 0.1) is 6.92 Å². The lowest BCUT2D eigenvalue weighted by Gasteiger charge is -2.07. The van der Waals surface area contributed by atoms with Crippen LogP contribution < -0.4 is 0 Å². The summed E-state index contributed by atoms with van der Waals surface area (Å²) < 4.78 is 42.9. The fourth-order valence-electron chi connectivity index (χ4n) is 1.95. The number of alkyl halides is 3. The van der Waals surface area contributed by atoms with Crippen molar-refractivity contribution in [3.8, 4) is 28.6 Å². The van der Waals surface area contributed by atoms with Gasteiger partial charge in [-0.3, -0.25) is 4.98 Å². The number of aromatic hydroxyl groups is 1. The van der Waals surface area contributed by atoms with Gasteiger partial charge < -0.3 is 9.63 Å². The average molecular weight is 322 g/mol. The molecule has 0 aliphatic carbocycles. The third-order valence-electron chi connectivity index (χ3n) is 3.01. The topological polar surface area (TPSA) is 84.9 Å². The highest BCUT2D eigenvalue weighted by Gasteiger charge is 2.33. The van der Waals surface area contributed by atoms with Crippen molar-refractivity contribution in [2.75, 3.05) is 0 Å². The number of aryl methyl sites for hydroxylation is 1. The zero-order chi connectivity index (χ0) is 16.6. The summed E-state index contributed by atoms with van der Waals surface area (Å²) in [7, 11) is 0. The number of halogens is 3. The summed E-state index contributed by atoms with van der Waals surface area (Å²) in [5.74, 6) is 0.117. The quantitative estimate of drug-likeness (QED) is 0.780. The van der Waals surface area contributed by atoms with Gasteiger partial charge in [0.05, 0.1) is 17.5 Å². The SMILES string of the molecule is Cc1nc(C(F)(F)F)ccc1-c1nc(-c2cncc(O)c2)no1. The molecule has 0 bridgehead atoms. The van der Waals surface area contributed by atoms with E-state index in [1.807, 2.05) is 0 Å². The maximum atomic E-state index is 12.6. The Morgan fingerprint density at radius 2 is 1.91 bits per heavy atom. The van der Waals surface area contributed by atoms with Crippen LogP contribution in [0.4, 0.5) is 13.2 Å². The highest BCUT2D eigenvalue weighted by atomic mass is 19.4. The van der Waals surface area contributed by atoms with Gasteiger partial charge >= 0.3 is 6.18 Å². The first-order valence-corrected chi connectivity index (χ1v) is 6.38. The van der Waals surface area contributed by atoms with E-state index in [1.165, 1.54) is 31.5 Å². The van der Waals surface area contributed by atoms with Crippen molar-refractivity contribution in [3.63, 3.8) is 0 Å². The van der Waals surface area contributed by atoms with Gasteiger partial charge in [0.1, 0.15) is 11.4 Å². The van der Waals surface area contributed by atoms with Gasteiger partial charge in [-0.15, -0.1) is 0 Å². The largest absolute Gasteiger partial charge is 0.506 e. The summed E-state index contributed by atoms with van der Waals surface area (Å²) in [6.07, 6.45) is -1.85. The second kappa shape index (κ2) is 5.34. The van der Waals surface area contributed by atoms with Crippen LogP contribution in [-0.2, 0) is 6.18 Å². The standard InChI is InChI=1S/C14H9F3N4O2/c1-7-10(2-3-11(19-7)14(15,16)17)13-20-12(21-23-13)8-4-9(22)6-18-5-8/h2-6,22H,1H3. The van der Waals surface area contributed by atoms with Crippen LogP contribution in [0.25, 0.3) is 22.8 Å². The molecule has 0 aliphatic rings. The predicted molar refractivity (Wildman–Crippen MR) is 72.2 cm³/mol. The van der Waals surface area contributed by atoms with Gasteiger partial charge in [0.25, 0.3) is 5.89 Å². The molecule has 0 radical (unpaired) electrons. The summed E-state index contributed by atoms with van der Waals surface area (Å²) in [5.41, 5.74) is -0.165. The van der Waals surface area contributed by atoms with Gasteiger partial charge in [-0.25, -0.2) is 4.98 Å². The first-order valence-electron chi connectivity index (χ1n) is 6.38. The number of aromatic nitrogens is 4. The van der Waals surface area contributed by atoms with Crippen LogP contribution in [0.5, 0.6) is 5.75 Å². The Kier molecular flexibility index (Phi) is 3.47. The van der Waals surface area contributed by atoms with Gasteiger partial charge in [0.2, 0.25) is 5.82 Å². The molecule has 0 atom stereocenters. The molecule has 0 saturated heterocycles. The second-order valence-electron chi connectivity index (χ2n) is 4.68. The highest BCUT2D eigenvalue weighted by molar-refractivity contribution is 5.61. The van der Waals surface area contributed by atoms with Crippen molar-refractivity contribution in [2.24, 2.45) is 0 Å². The molecule has 0 saturated carbocycles. The Bertz CT molecular complexity index is 861. The number of hydrogen-bond donors (Lipinski definition) is 1. The molecule has 3 rings (SSSR count). The molecule has 3 aromatic rings. The second-order valence-corrected chi connectivity index (χ2v) is 4.68. The van der Waals surface area contributed by atoms with E-state index < -0.39 is 11.9 Å². The van der Waals surface area contributed by atoms with Gasteiger partial charge in [0.15, 0.2) is 0 Å². The van der Waals surface area contributed by atoms with Crippen LogP contribution >= 0.6 is 0 Å². The highest BCUT2D eigenvalue weighted by Crippen LogP contribution is 2.31. The van der Waals surface area contributed by atoms with E-state index in [0.29, 0.717) is 11.1 Å². The van der Waals surface area contributed by atoms with Gasteiger partial charge in [0, 0.05) is 11.8 Å². The minimum absolute atomic E-state index is 0.0297. The van der Waals surface area contributed by atoms with Gasteiger partial charge in [-0.2, -0.15) is 18.2 Å². The van der Waals surface area contributed by atoms with Crippen molar-refractivity contribution in [1.29, 1.82) is 0 Å². The molecule has 0 unspecified atom stereocenters. The zero-order valence-electron chi connectivity index (χ0n) is 11.7. The fourth-order valence-corrected chi connectivity index (χ4v) is 1.95. The van der Waals surface area contributed by atoms with Crippen LogP contribution in [0.3, 0.4) is 0 Å². The smallest absolute Gasteiger partial charge is 0.433 e. The first kappa shape index (κ1) is 14.9. The van der Waals surface area contributed by atoms with E-state index in [-0.39, 0.29) is 23.2 Å². The van der Waals surface area contributed by atoms with Crippen molar-refractivity contribution >= 4 is 0 Å². The average Bonchev–Trinajstić information content (AvgIpc) is 2.96. The third kappa shape index (κ3) is 2.98. The minimum Gasteiger partial charge on any atom is -0.506 e. The normalized spacial score (nSPS) is 11.7. The monoisotopic (exact) mass is 322 g/mol. The molecule has 6 nitrogen and oxygen atoms in total. The van der Waals surface area contributed by atoms with E-state index in [0.717, 1.165) is 6.07 Å². The van der Waals surface area contributed by atoms with Crippen LogP contribution in [-0.4, -0.2) is 25.2 Å². The lowest BCUT2D eigenvalue weighted by molar-refractivity contribution is -0.141. The molecule has 118 valence electrons. The Balaban J connectivity index is 1.98. The lowest BCUT2D eigenvalue weighted by Crippen LogP contribution is -2.08. The molecule has 9 heteroatoms. The fraction of sp³-hybridized carbons (Fsp3) is 0.143. The summed E-state index contributed by atoms with van der Waals surface area (Å²) in [5, 5.41) is 13.1. The molecule has 0 spiro atoms. The molecule has 0 amide bonds. The van der Waals surface area contributed by atoms with Crippen LogP contribution in [0.1, 0.15) is 11.4 Å². The van der Waals surface area contributed by atoms with E-state index in [9.17, 15) is 18.3 Å². The first-order chi connectivity index (χ1) is 10.8. The van der Waals surface area contributed by atoms with Crippen molar-refractivity contribution in [1.82, 2.24) is 20.1 Å². The van der Waals surface area contributed by atoms with Crippen LogP contribution in [0.15, 0.2) is 35.1 Å². The molecule has 0 aromatic carbocycles. The Morgan fingerprint density at radius 1 is 1.13 bits per heavy atom. The Morgan fingerprint density at radius 3 is 2.57 bits per heavy atom. The Hall–Kier alpha value is -2.97. The summed E-state index contributed by atoms with van der Waals surface area (Å²) in [6, 6.07) is 3.46. The zero-order valence-corrected chi connectivity index (χ0v) is 11.7. The number of nitrogens with zero attached hydrogens (tertiary/aromatic N) is 4. The Labute approximate surface area is 127 Å². The summed E-state index contributed by atoms with van der Waals surface area (Å²) >= 11 is 0.